The van der Waals surface area contributed by atoms with Gasteiger partial charge in [-0.1, -0.05) is 34.6 Å². The molecule has 0 saturated carbocycles. The van der Waals surface area contributed by atoms with E-state index in [2.05, 4.69) is 16.0 Å². The minimum absolute atomic E-state index is 0.0214. The van der Waals surface area contributed by atoms with Crippen molar-refractivity contribution in [1.82, 2.24) is 5.32 Å². The molecule has 0 radical (unpaired) electrons. The molecule has 1 rings (SSSR count). The van der Waals surface area contributed by atoms with Gasteiger partial charge in [0.15, 0.2) is 0 Å². The van der Waals surface area contributed by atoms with Gasteiger partial charge < -0.3 is 16.0 Å². The van der Waals surface area contributed by atoms with E-state index in [0.29, 0.717) is 30.8 Å². The summed E-state index contributed by atoms with van der Waals surface area (Å²) in [6.45, 7) is 9.68. The van der Waals surface area contributed by atoms with Gasteiger partial charge in [-0.3, -0.25) is 14.4 Å². The van der Waals surface area contributed by atoms with E-state index in [1.54, 1.807) is 24.3 Å². The summed E-state index contributed by atoms with van der Waals surface area (Å²) < 4.78 is 0. The largest absolute Gasteiger partial charge is 0.356 e. The van der Waals surface area contributed by atoms with E-state index in [1.165, 1.54) is 0 Å². The SMILES string of the molecule is CC(C)C(=O)Nc1ccc(NC(=O)CCCNC(=O)C(C)(C)C)cc1. The predicted molar refractivity (Wildman–Crippen MR) is 100 cm³/mol. The number of nitrogens with one attached hydrogen (secondary N) is 3. The summed E-state index contributed by atoms with van der Waals surface area (Å²) in [4.78, 5) is 35.2. The standard InChI is InChI=1S/C19H29N3O3/c1-13(2)17(24)22-15-10-8-14(9-11-15)21-16(23)7-6-12-20-18(25)19(3,4)5/h8-11,13H,6-7,12H2,1-5H3,(H,20,25)(H,21,23)(H,22,24). The molecule has 3 N–H and O–H groups in total. The lowest BCUT2D eigenvalue weighted by atomic mass is 9.96. The molecule has 1 aromatic rings. The summed E-state index contributed by atoms with van der Waals surface area (Å²) in [5.74, 6) is -0.261. The van der Waals surface area contributed by atoms with Crippen LogP contribution in [0.15, 0.2) is 24.3 Å². The Hall–Kier alpha value is -2.37. The summed E-state index contributed by atoms with van der Waals surface area (Å²) in [5.41, 5.74) is 0.947. The maximum Gasteiger partial charge on any atom is 0.226 e. The number of amides is 3. The van der Waals surface area contributed by atoms with Crippen molar-refractivity contribution >= 4 is 29.1 Å². The summed E-state index contributed by atoms with van der Waals surface area (Å²) in [6, 6.07) is 6.99. The lowest BCUT2D eigenvalue weighted by molar-refractivity contribution is -0.128. The monoisotopic (exact) mass is 347 g/mol. The smallest absolute Gasteiger partial charge is 0.226 e. The van der Waals surface area contributed by atoms with Crippen molar-refractivity contribution in [3.63, 3.8) is 0 Å². The summed E-state index contributed by atoms with van der Waals surface area (Å²) in [5, 5.41) is 8.41. The first-order valence-electron chi connectivity index (χ1n) is 8.58. The number of anilines is 2. The minimum atomic E-state index is -0.422. The zero-order valence-electron chi connectivity index (χ0n) is 15.7. The molecule has 0 aliphatic heterocycles. The van der Waals surface area contributed by atoms with E-state index >= 15 is 0 Å². The topological polar surface area (TPSA) is 87.3 Å². The van der Waals surface area contributed by atoms with Crippen LogP contribution in [-0.2, 0) is 14.4 Å². The third kappa shape index (κ3) is 7.83. The maximum atomic E-state index is 11.9. The Labute approximate surface area is 149 Å². The highest BCUT2D eigenvalue weighted by Crippen LogP contribution is 2.15. The van der Waals surface area contributed by atoms with Gasteiger partial charge in [0.05, 0.1) is 0 Å². The van der Waals surface area contributed by atoms with Crippen LogP contribution in [0.1, 0.15) is 47.5 Å². The molecule has 0 spiro atoms. The molecule has 0 unspecified atom stereocenters. The summed E-state index contributed by atoms with van der Waals surface area (Å²) in [7, 11) is 0. The van der Waals surface area contributed by atoms with Crippen LogP contribution in [0, 0.1) is 11.3 Å². The van der Waals surface area contributed by atoms with E-state index in [-0.39, 0.29) is 23.6 Å². The Morgan fingerprint density at radius 2 is 1.48 bits per heavy atom. The second kappa shape index (κ2) is 9.20. The van der Waals surface area contributed by atoms with E-state index in [9.17, 15) is 14.4 Å². The van der Waals surface area contributed by atoms with Crippen LogP contribution in [0.2, 0.25) is 0 Å². The van der Waals surface area contributed by atoms with Gasteiger partial charge in [-0.05, 0) is 30.7 Å². The number of benzene rings is 1. The summed E-state index contributed by atoms with van der Waals surface area (Å²) >= 11 is 0. The minimum Gasteiger partial charge on any atom is -0.356 e. The van der Waals surface area contributed by atoms with Crippen molar-refractivity contribution in [2.75, 3.05) is 17.2 Å². The average molecular weight is 347 g/mol. The van der Waals surface area contributed by atoms with Crippen LogP contribution >= 0.6 is 0 Å². The Bertz CT molecular complexity index is 601. The Morgan fingerprint density at radius 3 is 1.96 bits per heavy atom. The average Bonchev–Trinajstić information content (AvgIpc) is 2.52. The first-order valence-corrected chi connectivity index (χ1v) is 8.58. The van der Waals surface area contributed by atoms with Crippen LogP contribution in [0.3, 0.4) is 0 Å². The first-order chi connectivity index (χ1) is 11.6. The number of rotatable bonds is 7. The molecule has 0 heterocycles. The molecule has 0 saturated heterocycles. The van der Waals surface area contributed by atoms with Gasteiger partial charge in [-0.2, -0.15) is 0 Å². The number of hydrogen-bond acceptors (Lipinski definition) is 3. The summed E-state index contributed by atoms with van der Waals surface area (Å²) in [6.07, 6.45) is 0.909. The van der Waals surface area contributed by atoms with E-state index in [4.69, 9.17) is 0 Å². The van der Waals surface area contributed by atoms with Gasteiger partial charge in [0.2, 0.25) is 17.7 Å². The molecule has 0 aliphatic carbocycles. The molecule has 25 heavy (non-hydrogen) atoms. The Morgan fingerprint density at radius 1 is 0.960 bits per heavy atom. The third-order valence-corrected chi connectivity index (χ3v) is 3.51. The van der Waals surface area contributed by atoms with Crippen molar-refractivity contribution in [3.8, 4) is 0 Å². The van der Waals surface area contributed by atoms with Crippen LogP contribution in [0.5, 0.6) is 0 Å². The lowest BCUT2D eigenvalue weighted by Crippen LogP contribution is -2.35. The van der Waals surface area contributed by atoms with Crippen molar-refractivity contribution in [2.45, 2.75) is 47.5 Å². The quantitative estimate of drug-likeness (QED) is 0.662. The maximum absolute atomic E-state index is 11.9. The van der Waals surface area contributed by atoms with Crippen molar-refractivity contribution < 1.29 is 14.4 Å². The molecule has 138 valence electrons. The molecule has 0 bridgehead atoms. The van der Waals surface area contributed by atoms with Crippen LogP contribution in [-0.4, -0.2) is 24.3 Å². The second-order valence-electron chi connectivity index (χ2n) is 7.38. The van der Waals surface area contributed by atoms with Crippen LogP contribution in [0.25, 0.3) is 0 Å². The highest BCUT2D eigenvalue weighted by atomic mass is 16.2. The first kappa shape index (κ1) is 20.7. The Balaban J connectivity index is 2.35. The zero-order chi connectivity index (χ0) is 19.0. The van der Waals surface area contributed by atoms with E-state index in [1.807, 2.05) is 34.6 Å². The second-order valence-corrected chi connectivity index (χ2v) is 7.38. The molecule has 0 aromatic heterocycles. The molecular weight excluding hydrogens is 318 g/mol. The molecule has 0 fully saturated rings. The van der Waals surface area contributed by atoms with Gasteiger partial charge in [-0.15, -0.1) is 0 Å². The normalized spacial score (nSPS) is 11.1. The molecular formula is C19H29N3O3. The van der Waals surface area contributed by atoms with Gasteiger partial charge >= 0.3 is 0 Å². The fourth-order valence-corrected chi connectivity index (χ4v) is 1.86. The van der Waals surface area contributed by atoms with Gasteiger partial charge in [0.1, 0.15) is 0 Å². The molecule has 0 atom stereocenters. The van der Waals surface area contributed by atoms with Crippen molar-refractivity contribution in [2.24, 2.45) is 11.3 Å². The fraction of sp³-hybridized carbons (Fsp3) is 0.526. The molecule has 6 nitrogen and oxygen atoms in total. The van der Waals surface area contributed by atoms with E-state index < -0.39 is 5.41 Å². The zero-order valence-corrected chi connectivity index (χ0v) is 15.7. The van der Waals surface area contributed by atoms with Crippen LogP contribution < -0.4 is 16.0 Å². The number of hydrogen-bond donors (Lipinski definition) is 3. The van der Waals surface area contributed by atoms with Gasteiger partial charge in [0.25, 0.3) is 0 Å². The molecule has 6 heteroatoms. The lowest BCUT2D eigenvalue weighted by Gasteiger charge is -2.17. The highest BCUT2D eigenvalue weighted by Gasteiger charge is 2.20. The fourth-order valence-electron chi connectivity index (χ4n) is 1.86. The third-order valence-electron chi connectivity index (χ3n) is 3.51. The van der Waals surface area contributed by atoms with Gasteiger partial charge in [-0.25, -0.2) is 0 Å². The van der Waals surface area contributed by atoms with Crippen LogP contribution in [0.4, 0.5) is 11.4 Å². The van der Waals surface area contributed by atoms with Crippen molar-refractivity contribution in [3.05, 3.63) is 24.3 Å². The number of carbonyl (C=O) groups is 3. The highest BCUT2D eigenvalue weighted by molar-refractivity contribution is 5.93. The molecule has 0 aliphatic rings. The van der Waals surface area contributed by atoms with Gasteiger partial charge in [0, 0.05) is 35.7 Å². The molecule has 3 amide bonds. The van der Waals surface area contributed by atoms with E-state index in [0.717, 1.165) is 0 Å². The Kier molecular flexibility index (Phi) is 7.61. The molecule has 1 aromatic carbocycles. The number of carbonyl (C=O) groups excluding carboxylic acids is 3. The van der Waals surface area contributed by atoms with Crippen molar-refractivity contribution in [1.29, 1.82) is 0 Å². The predicted octanol–water partition coefficient (Wildman–Crippen LogP) is 3.16.